The highest BCUT2D eigenvalue weighted by Crippen LogP contribution is 2.23. The van der Waals surface area contributed by atoms with Crippen LogP contribution in [0.15, 0.2) is 23.1 Å². The van der Waals surface area contributed by atoms with Gasteiger partial charge in [0.15, 0.2) is 21.5 Å². The Bertz CT molecular complexity index is 510. The summed E-state index contributed by atoms with van der Waals surface area (Å²) in [6.45, 7) is 1.27. The lowest BCUT2D eigenvalue weighted by atomic mass is 10.2. The van der Waals surface area contributed by atoms with E-state index in [2.05, 4.69) is 5.32 Å². The van der Waals surface area contributed by atoms with E-state index in [0.29, 0.717) is 25.9 Å². The number of rotatable bonds is 2. The van der Waals surface area contributed by atoms with Gasteiger partial charge in [0.2, 0.25) is 0 Å². The van der Waals surface area contributed by atoms with Crippen LogP contribution in [-0.2, 0) is 9.84 Å². The Morgan fingerprint density at radius 2 is 1.76 bits per heavy atom. The molecule has 1 aromatic rings. The summed E-state index contributed by atoms with van der Waals surface area (Å²) in [7, 11) is -3.55. The number of hydrogen-bond donors (Lipinski definition) is 1. The van der Waals surface area contributed by atoms with Crippen LogP contribution in [0.2, 0.25) is 0 Å². The van der Waals surface area contributed by atoms with Crippen LogP contribution in [0.25, 0.3) is 0 Å². The van der Waals surface area contributed by atoms with E-state index in [1.807, 2.05) is 0 Å². The minimum Gasteiger partial charge on any atom is -0.317 e. The number of sulfone groups is 1. The molecule has 0 bridgehead atoms. The molecular formula is C11H13F2NO2S. The van der Waals surface area contributed by atoms with Crippen molar-refractivity contribution >= 4 is 9.84 Å². The Kier molecular flexibility index (Phi) is 3.44. The lowest BCUT2D eigenvalue weighted by molar-refractivity contribution is 0.491. The quantitative estimate of drug-likeness (QED) is 0.820. The molecule has 6 heteroatoms. The Balaban J connectivity index is 2.33. The Hall–Kier alpha value is -1.01. The second kappa shape index (κ2) is 4.70. The Morgan fingerprint density at radius 1 is 1.12 bits per heavy atom. The second-order valence-corrected chi connectivity index (χ2v) is 6.30. The summed E-state index contributed by atoms with van der Waals surface area (Å²) in [6, 6.07) is 2.73. The van der Waals surface area contributed by atoms with Gasteiger partial charge in [-0.25, -0.2) is 17.2 Å². The molecule has 1 aliphatic heterocycles. The smallest absolute Gasteiger partial charge is 0.181 e. The van der Waals surface area contributed by atoms with Gasteiger partial charge in [0.25, 0.3) is 0 Å². The standard InChI is InChI=1S/C11H13F2NO2S/c12-10-2-1-9(7-11(10)13)17(15,16)8-3-5-14-6-4-8/h1-2,7-8,14H,3-6H2. The van der Waals surface area contributed by atoms with E-state index in [0.717, 1.165) is 18.2 Å². The number of halogens is 2. The molecule has 1 aromatic carbocycles. The molecule has 1 saturated heterocycles. The van der Waals surface area contributed by atoms with Crippen molar-refractivity contribution in [1.82, 2.24) is 5.32 Å². The van der Waals surface area contributed by atoms with Crippen LogP contribution in [0.1, 0.15) is 12.8 Å². The van der Waals surface area contributed by atoms with Crippen molar-refractivity contribution in [3.05, 3.63) is 29.8 Å². The van der Waals surface area contributed by atoms with Gasteiger partial charge < -0.3 is 5.32 Å². The highest BCUT2D eigenvalue weighted by Gasteiger charge is 2.29. The molecule has 1 heterocycles. The Labute approximate surface area is 98.8 Å². The zero-order valence-corrected chi connectivity index (χ0v) is 9.93. The third-order valence-corrected chi connectivity index (χ3v) is 5.20. The second-order valence-electron chi connectivity index (χ2n) is 4.07. The highest BCUT2D eigenvalue weighted by molar-refractivity contribution is 7.92. The molecule has 1 N–H and O–H groups in total. The van der Waals surface area contributed by atoms with Crippen LogP contribution in [0.3, 0.4) is 0 Å². The summed E-state index contributed by atoms with van der Waals surface area (Å²) in [4.78, 5) is -0.136. The molecule has 2 rings (SSSR count). The fourth-order valence-electron chi connectivity index (χ4n) is 1.95. The summed E-state index contributed by atoms with van der Waals surface area (Å²) in [5.74, 6) is -2.16. The molecule has 3 nitrogen and oxygen atoms in total. The summed E-state index contributed by atoms with van der Waals surface area (Å²) in [5.41, 5.74) is 0. The van der Waals surface area contributed by atoms with E-state index >= 15 is 0 Å². The van der Waals surface area contributed by atoms with Crippen molar-refractivity contribution in [2.24, 2.45) is 0 Å². The van der Waals surface area contributed by atoms with Gasteiger partial charge in [-0.3, -0.25) is 0 Å². The minimum atomic E-state index is -3.55. The molecule has 0 aliphatic carbocycles. The number of benzene rings is 1. The minimum absolute atomic E-state index is 0.136. The molecule has 17 heavy (non-hydrogen) atoms. The topological polar surface area (TPSA) is 46.2 Å². The molecule has 0 spiro atoms. The number of piperidine rings is 1. The van der Waals surface area contributed by atoms with Gasteiger partial charge in [0.1, 0.15) is 0 Å². The molecule has 94 valence electrons. The Morgan fingerprint density at radius 3 is 2.35 bits per heavy atom. The molecule has 1 fully saturated rings. The first-order valence-corrected chi connectivity index (χ1v) is 6.96. The zero-order chi connectivity index (χ0) is 12.5. The van der Waals surface area contributed by atoms with Crippen molar-refractivity contribution in [3.8, 4) is 0 Å². The third kappa shape index (κ3) is 2.47. The lowest BCUT2D eigenvalue weighted by Gasteiger charge is -2.22. The lowest BCUT2D eigenvalue weighted by Crippen LogP contribution is -2.35. The normalized spacial score (nSPS) is 18.2. The summed E-state index contributed by atoms with van der Waals surface area (Å²) < 4.78 is 50.0. The van der Waals surface area contributed by atoms with Crippen molar-refractivity contribution in [1.29, 1.82) is 0 Å². The molecule has 0 amide bonds. The molecule has 1 aliphatic rings. The first kappa shape index (κ1) is 12.4. The van der Waals surface area contributed by atoms with E-state index in [1.165, 1.54) is 0 Å². The van der Waals surface area contributed by atoms with Gasteiger partial charge >= 0.3 is 0 Å². The molecule has 0 saturated carbocycles. The van der Waals surface area contributed by atoms with Gasteiger partial charge in [-0.15, -0.1) is 0 Å². The van der Waals surface area contributed by atoms with Gasteiger partial charge in [-0.05, 0) is 44.1 Å². The van der Waals surface area contributed by atoms with E-state index < -0.39 is 26.7 Å². The number of hydrogen-bond acceptors (Lipinski definition) is 3. The predicted octanol–water partition coefficient (Wildman–Crippen LogP) is 1.49. The molecule has 0 aromatic heterocycles. The number of nitrogens with one attached hydrogen (secondary N) is 1. The summed E-state index contributed by atoms with van der Waals surface area (Å²) >= 11 is 0. The highest BCUT2D eigenvalue weighted by atomic mass is 32.2. The van der Waals surface area contributed by atoms with Crippen molar-refractivity contribution in [2.75, 3.05) is 13.1 Å². The van der Waals surface area contributed by atoms with E-state index in [9.17, 15) is 17.2 Å². The fourth-order valence-corrected chi connectivity index (χ4v) is 3.72. The maximum atomic E-state index is 13.0. The van der Waals surface area contributed by atoms with Gasteiger partial charge in [-0.2, -0.15) is 0 Å². The average molecular weight is 261 g/mol. The molecule has 0 unspecified atom stereocenters. The van der Waals surface area contributed by atoms with Gasteiger partial charge in [-0.1, -0.05) is 0 Å². The summed E-state index contributed by atoms with van der Waals surface area (Å²) in [6.07, 6.45) is 1.00. The zero-order valence-electron chi connectivity index (χ0n) is 9.12. The van der Waals surface area contributed by atoms with Crippen LogP contribution < -0.4 is 5.32 Å². The maximum absolute atomic E-state index is 13.0. The van der Waals surface area contributed by atoms with Crippen LogP contribution in [0, 0.1) is 11.6 Å². The van der Waals surface area contributed by atoms with E-state index in [1.54, 1.807) is 0 Å². The largest absolute Gasteiger partial charge is 0.317 e. The SMILES string of the molecule is O=S(=O)(c1ccc(F)c(F)c1)C1CCNCC1. The van der Waals surface area contributed by atoms with Gasteiger partial charge in [0, 0.05) is 0 Å². The van der Waals surface area contributed by atoms with Crippen LogP contribution >= 0.6 is 0 Å². The van der Waals surface area contributed by atoms with E-state index in [-0.39, 0.29) is 4.90 Å². The first-order valence-electron chi connectivity index (χ1n) is 5.41. The third-order valence-electron chi connectivity index (χ3n) is 2.94. The van der Waals surface area contributed by atoms with Crippen molar-refractivity contribution in [2.45, 2.75) is 23.0 Å². The molecule has 0 atom stereocenters. The predicted molar refractivity (Wildman–Crippen MR) is 59.4 cm³/mol. The summed E-state index contributed by atoms with van der Waals surface area (Å²) in [5, 5.41) is 2.55. The van der Waals surface area contributed by atoms with Crippen LogP contribution in [0.4, 0.5) is 8.78 Å². The molecular weight excluding hydrogens is 248 g/mol. The van der Waals surface area contributed by atoms with Crippen LogP contribution in [-0.4, -0.2) is 26.8 Å². The molecule has 0 radical (unpaired) electrons. The first-order chi connectivity index (χ1) is 8.01. The maximum Gasteiger partial charge on any atom is 0.181 e. The fraction of sp³-hybridized carbons (Fsp3) is 0.455. The average Bonchev–Trinajstić information content (AvgIpc) is 2.33. The van der Waals surface area contributed by atoms with Gasteiger partial charge in [0.05, 0.1) is 10.1 Å². The van der Waals surface area contributed by atoms with Crippen molar-refractivity contribution < 1.29 is 17.2 Å². The van der Waals surface area contributed by atoms with Crippen LogP contribution in [0.5, 0.6) is 0 Å². The van der Waals surface area contributed by atoms with E-state index in [4.69, 9.17) is 0 Å². The van der Waals surface area contributed by atoms with Crippen molar-refractivity contribution in [3.63, 3.8) is 0 Å². The monoisotopic (exact) mass is 261 g/mol.